The van der Waals surface area contributed by atoms with E-state index in [1.165, 1.54) is 32.8 Å². The molecule has 1 fully saturated rings. The van der Waals surface area contributed by atoms with Crippen molar-refractivity contribution in [1.29, 1.82) is 0 Å². The van der Waals surface area contributed by atoms with E-state index in [1.807, 2.05) is 0 Å². The van der Waals surface area contributed by atoms with Crippen LogP contribution in [-0.2, 0) is 9.53 Å². The summed E-state index contributed by atoms with van der Waals surface area (Å²) in [4.78, 5) is 11.1. The molecule has 15 heavy (non-hydrogen) atoms. The third-order valence-corrected chi connectivity index (χ3v) is 3.16. The van der Waals surface area contributed by atoms with Gasteiger partial charge in [0.1, 0.15) is 5.54 Å². The third kappa shape index (κ3) is 3.47. The van der Waals surface area contributed by atoms with E-state index in [0.717, 1.165) is 6.54 Å². The van der Waals surface area contributed by atoms with Crippen LogP contribution in [0.4, 0.5) is 0 Å². The summed E-state index contributed by atoms with van der Waals surface area (Å²) in [6, 6.07) is 0. The molecule has 1 aliphatic carbocycles. The largest absolute Gasteiger partial charge is 0.480 e. The van der Waals surface area contributed by atoms with Crippen LogP contribution in [0.25, 0.3) is 0 Å². The molecule has 1 aliphatic rings. The minimum atomic E-state index is -0.947. The lowest BCUT2D eigenvalue weighted by atomic mass is 10.0. The number of aliphatic carboxylic acids is 1. The summed E-state index contributed by atoms with van der Waals surface area (Å²) < 4.78 is 4.94. The first-order valence-corrected chi connectivity index (χ1v) is 5.56. The average Bonchev–Trinajstić information content (AvgIpc) is 2.67. The van der Waals surface area contributed by atoms with Gasteiger partial charge >= 0.3 is 5.97 Å². The van der Waals surface area contributed by atoms with Crippen molar-refractivity contribution in [2.24, 2.45) is 5.92 Å². The van der Waals surface area contributed by atoms with Crippen molar-refractivity contribution in [2.75, 3.05) is 20.3 Å². The molecule has 0 saturated heterocycles. The first-order chi connectivity index (χ1) is 7.08. The van der Waals surface area contributed by atoms with Gasteiger partial charge in [-0.1, -0.05) is 12.8 Å². The second-order valence-corrected chi connectivity index (χ2v) is 4.60. The number of nitrogens with one attached hydrogen (secondary N) is 1. The summed E-state index contributed by atoms with van der Waals surface area (Å²) in [6.07, 6.45) is 4.99. The molecule has 88 valence electrons. The van der Waals surface area contributed by atoms with Crippen molar-refractivity contribution in [3.63, 3.8) is 0 Å². The van der Waals surface area contributed by atoms with Crippen molar-refractivity contribution in [3.8, 4) is 0 Å². The Morgan fingerprint density at radius 2 is 2.13 bits per heavy atom. The van der Waals surface area contributed by atoms with Gasteiger partial charge in [-0.05, 0) is 32.2 Å². The normalized spacial score (nSPS) is 21.5. The average molecular weight is 215 g/mol. The van der Waals surface area contributed by atoms with Crippen molar-refractivity contribution in [2.45, 2.75) is 38.1 Å². The highest BCUT2D eigenvalue weighted by molar-refractivity contribution is 5.78. The third-order valence-electron chi connectivity index (χ3n) is 3.16. The van der Waals surface area contributed by atoms with Crippen LogP contribution in [0.15, 0.2) is 0 Å². The van der Waals surface area contributed by atoms with E-state index in [4.69, 9.17) is 9.84 Å². The number of hydrogen-bond acceptors (Lipinski definition) is 3. The maximum Gasteiger partial charge on any atom is 0.326 e. The highest BCUT2D eigenvalue weighted by Crippen LogP contribution is 2.24. The molecule has 4 nitrogen and oxygen atoms in total. The zero-order valence-corrected chi connectivity index (χ0v) is 9.58. The molecule has 1 atom stereocenters. The molecule has 0 aliphatic heterocycles. The van der Waals surface area contributed by atoms with Gasteiger partial charge in [0.25, 0.3) is 0 Å². The van der Waals surface area contributed by atoms with Crippen LogP contribution in [0.1, 0.15) is 32.6 Å². The van der Waals surface area contributed by atoms with E-state index in [-0.39, 0.29) is 6.61 Å². The Labute approximate surface area is 91.0 Å². The highest BCUT2D eigenvalue weighted by atomic mass is 16.5. The number of carboxylic acid groups (broad SMARTS) is 1. The number of ether oxygens (including phenoxy) is 1. The molecule has 0 bridgehead atoms. The van der Waals surface area contributed by atoms with Gasteiger partial charge in [-0.15, -0.1) is 0 Å². The lowest BCUT2D eigenvalue weighted by molar-refractivity contribution is -0.146. The summed E-state index contributed by atoms with van der Waals surface area (Å²) >= 11 is 0. The van der Waals surface area contributed by atoms with E-state index in [1.54, 1.807) is 6.92 Å². The van der Waals surface area contributed by atoms with Gasteiger partial charge in [0.05, 0.1) is 6.61 Å². The molecule has 0 aromatic carbocycles. The predicted molar refractivity (Wildman–Crippen MR) is 57.9 cm³/mol. The second kappa shape index (κ2) is 5.47. The lowest BCUT2D eigenvalue weighted by Gasteiger charge is -2.27. The summed E-state index contributed by atoms with van der Waals surface area (Å²) in [5.74, 6) is -0.206. The molecule has 0 aromatic heterocycles. The monoisotopic (exact) mass is 215 g/mol. The number of carbonyl (C=O) groups is 1. The molecule has 0 aromatic rings. The number of carboxylic acids is 1. The molecule has 0 amide bonds. The van der Waals surface area contributed by atoms with Crippen LogP contribution in [0.5, 0.6) is 0 Å². The smallest absolute Gasteiger partial charge is 0.326 e. The maximum atomic E-state index is 11.1. The fourth-order valence-electron chi connectivity index (χ4n) is 2.06. The van der Waals surface area contributed by atoms with Crippen LogP contribution in [0, 0.1) is 5.92 Å². The Balaban J connectivity index is 2.40. The van der Waals surface area contributed by atoms with E-state index < -0.39 is 11.5 Å². The number of hydrogen-bond donors (Lipinski definition) is 2. The fraction of sp³-hybridized carbons (Fsp3) is 0.909. The van der Waals surface area contributed by atoms with Gasteiger partial charge in [0.2, 0.25) is 0 Å². The van der Waals surface area contributed by atoms with Crippen molar-refractivity contribution in [1.82, 2.24) is 5.32 Å². The van der Waals surface area contributed by atoms with Crippen LogP contribution >= 0.6 is 0 Å². The van der Waals surface area contributed by atoms with Crippen LogP contribution < -0.4 is 5.32 Å². The first kappa shape index (κ1) is 12.5. The molecule has 2 N–H and O–H groups in total. The van der Waals surface area contributed by atoms with Crippen LogP contribution in [0.3, 0.4) is 0 Å². The minimum Gasteiger partial charge on any atom is -0.480 e. The predicted octanol–water partition coefficient (Wildman–Crippen LogP) is 1.26. The molecular weight excluding hydrogens is 194 g/mol. The summed E-state index contributed by atoms with van der Waals surface area (Å²) in [7, 11) is 1.53. The topological polar surface area (TPSA) is 58.6 Å². The zero-order valence-electron chi connectivity index (χ0n) is 9.58. The Hall–Kier alpha value is -0.610. The Bertz CT molecular complexity index is 214. The number of rotatable bonds is 6. The molecule has 1 unspecified atom stereocenters. The standard InChI is InChI=1S/C11H21NO3/c1-11(8-15-2,10(13)14)12-7-9-5-3-4-6-9/h9,12H,3-8H2,1-2H3,(H,13,14). The summed E-state index contributed by atoms with van der Waals surface area (Å²) in [6.45, 7) is 2.66. The van der Waals surface area contributed by atoms with Crippen LogP contribution in [-0.4, -0.2) is 36.9 Å². The van der Waals surface area contributed by atoms with Crippen LogP contribution in [0.2, 0.25) is 0 Å². The van der Waals surface area contributed by atoms with Crippen molar-refractivity contribution < 1.29 is 14.6 Å². The molecule has 0 heterocycles. The molecule has 0 radical (unpaired) electrons. The molecular formula is C11H21NO3. The van der Waals surface area contributed by atoms with Crippen molar-refractivity contribution in [3.05, 3.63) is 0 Å². The minimum absolute atomic E-state index is 0.203. The first-order valence-electron chi connectivity index (χ1n) is 5.56. The second-order valence-electron chi connectivity index (χ2n) is 4.60. The van der Waals surface area contributed by atoms with E-state index >= 15 is 0 Å². The Kier molecular flexibility index (Phi) is 4.54. The van der Waals surface area contributed by atoms with Gasteiger partial charge in [-0.3, -0.25) is 10.1 Å². The van der Waals surface area contributed by atoms with E-state index in [9.17, 15) is 4.79 Å². The molecule has 1 saturated carbocycles. The highest BCUT2D eigenvalue weighted by Gasteiger charge is 2.33. The maximum absolute atomic E-state index is 11.1. The molecule has 4 heteroatoms. The molecule has 0 spiro atoms. The lowest BCUT2D eigenvalue weighted by Crippen LogP contribution is -2.54. The zero-order chi connectivity index (χ0) is 11.3. The Morgan fingerprint density at radius 3 is 2.60 bits per heavy atom. The van der Waals surface area contributed by atoms with Crippen molar-refractivity contribution >= 4 is 5.97 Å². The number of methoxy groups -OCH3 is 1. The summed E-state index contributed by atoms with van der Waals surface area (Å²) in [5, 5.41) is 12.2. The van der Waals surface area contributed by atoms with Gasteiger partial charge in [-0.25, -0.2) is 0 Å². The van der Waals surface area contributed by atoms with Gasteiger partial charge < -0.3 is 9.84 Å². The Morgan fingerprint density at radius 1 is 1.53 bits per heavy atom. The van der Waals surface area contributed by atoms with E-state index in [2.05, 4.69) is 5.32 Å². The van der Waals surface area contributed by atoms with Gasteiger partial charge in [0, 0.05) is 7.11 Å². The van der Waals surface area contributed by atoms with E-state index in [0.29, 0.717) is 5.92 Å². The van der Waals surface area contributed by atoms with Gasteiger partial charge in [0.15, 0.2) is 0 Å². The quantitative estimate of drug-likeness (QED) is 0.700. The molecule has 1 rings (SSSR count). The fourth-order valence-corrected chi connectivity index (χ4v) is 2.06. The van der Waals surface area contributed by atoms with Gasteiger partial charge in [-0.2, -0.15) is 0 Å². The summed E-state index contributed by atoms with van der Waals surface area (Å²) in [5.41, 5.74) is -0.947. The SMILES string of the molecule is COCC(C)(NCC1CCCC1)C(=O)O.